The van der Waals surface area contributed by atoms with E-state index in [2.05, 4.69) is 5.10 Å². The minimum absolute atomic E-state index is 0.0432. The van der Waals surface area contributed by atoms with Gasteiger partial charge in [-0.05, 0) is 12.8 Å². The Bertz CT molecular complexity index is 335. The van der Waals surface area contributed by atoms with E-state index in [0.717, 1.165) is 6.54 Å². The van der Waals surface area contributed by atoms with E-state index in [4.69, 9.17) is 5.11 Å². The Balaban J connectivity index is 2.66. The third kappa shape index (κ3) is 3.06. The van der Waals surface area contributed by atoms with Gasteiger partial charge < -0.3 is 10.2 Å². The Hall–Kier alpha value is -1.36. The lowest BCUT2D eigenvalue weighted by molar-refractivity contribution is -0.139. The Kier molecular flexibility index (Phi) is 3.85. The third-order valence-electron chi connectivity index (χ3n) is 2.35. The molecule has 1 rings (SSSR count). The Morgan fingerprint density at radius 3 is 2.80 bits per heavy atom. The zero-order valence-electron chi connectivity index (χ0n) is 8.92. The molecule has 1 heterocycles. The minimum Gasteiger partial charge on any atom is -0.481 e. The largest absolute Gasteiger partial charge is 0.481 e. The van der Waals surface area contributed by atoms with E-state index >= 15 is 0 Å². The average Bonchev–Trinajstić information content (AvgIpc) is 2.63. The molecule has 0 bridgehead atoms. The van der Waals surface area contributed by atoms with Crippen LogP contribution in [0.4, 0.5) is 0 Å². The van der Waals surface area contributed by atoms with Gasteiger partial charge in [-0.2, -0.15) is 5.10 Å². The van der Waals surface area contributed by atoms with Gasteiger partial charge in [-0.15, -0.1) is 0 Å². The molecule has 2 unspecified atom stereocenters. The molecule has 0 spiro atoms. The van der Waals surface area contributed by atoms with Crippen molar-refractivity contribution in [3.63, 3.8) is 0 Å². The highest BCUT2D eigenvalue weighted by Gasteiger charge is 2.20. The molecule has 0 fully saturated rings. The third-order valence-corrected chi connectivity index (χ3v) is 2.35. The maximum Gasteiger partial charge on any atom is 0.303 e. The van der Waals surface area contributed by atoms with Gasteiger partial charge >= 0.3 is 5.97 Å². The van der Waals surface area contributed by atoms with Crippen molar-refractivity contribution >= 4 is 5.97 Å². The number of carboxylic acids is 1. The van der Waals surface area contributed by atoms with Gasteiger partial charge in [0, 0.05) is 18.3 Å². The molecule has 0 saturated carbocycles. The summed E-state index contributed by atoms with van der Waals surface area (Å²) in [5.41, 5.74) is 0.672. The van der Waals surface area contributed by atoms with Crippen molar-refractivity contribution in [3.05, 3.63) is 18.0 Å². The monoisotopic (exact) mass is 212 g/mol. The molecular weight excluding hydrogens is 196 g/mol. The summed E-state index contributed by atoms with van der Waals surface area (Å²) in [5.74, 6) is -1.21. The molecule has 15 heavy (non-hydrogen) atoms. The van der Waals surface area contributed by atoms with Gasteiger partial charge in [-0.25, -0.2) is 0 Å². The van der Waals surface area contributed by atoms with Crippen LogP contribution in [0.25, 0.3) is 0 Å². The van der Waals surface area contributed by atoms with E-state index in [0.29, 0.717) is 5.56 Å². The van der Waals surface area contributed by atoms with Crippen molar-refractivity contribution in [2.75, 3.05) is 0 Å². The van der Waals surface area contributed by atoms with Crippen molar-refractivity contribution in [2.24, 2.45) is 5.92 Å². The number of nitrogens with zero attached hydrogens (tertiary/aromatic N) is 2. The fourth-order valence-electron chi connectivity index (χ4n) is 1.42. The topological polar surface area (TPSA) is 75.4 Å². The summed E-state index contributed by atoms with van der Waals surface area (Å²) in [6.07, 6.45) is 2.51. The van der Waals surface area contributed by atoms with Gasteiger partial charge in [-0.1, -0.05) is 6.92 Å². The lowest BCUT2D eigenvalue weighted by Crippen LogP contribution is -2.13. The van der Waals surface area contributed by atoms with Crippen LogP contribution in [0, 0.1) is 5.92 Å². The van der Waals surface area contributed by atoms with Gasteiger partial charge in [0.15, 0.2) is 0 Å². The van der Waals surface area contributed by atoms with Crippen LogP contribution in [0.5, 0.6) is 0 Å². The highest BCUT2D eigenvalue weighted by molar-refractivity contribution is 5.67. The summed E-state index contributed by atoms with van der Waals surface area (Å²) < 4.78 is 1.70. The minimum atomic E-state index is -0.899. The molecule has 2 N–H and O–H groups in total. The molecule has 0 saturated heterocycles. The first kappa shape index (κ1) is 11.7. The number of carbonyl (C=O) groups is 1. The van der Waals surface area contributed by atoms with E-state index in [1.165, 1.54) is 0 Å². The van der Waals surface area contributed by atoms with E-state index in [1.54, 1.807) is 24.0 Å². The molecule has 0 aliphatic carbocycles. The summed E-state index contributed by atoms with van der Waals surface area (Å²) >= 11 is 0. The van der Waals surface area contributed by atoms with Crippen LogP contribution in [0.2, 0.25) is 0 Å². The summed E-state index contributed by atoms with van der Waals surface area (Å²) in [5, 5.41) is 22.5. The Labute approximate surface area is 88.3 Å². The van der Waals surface area contributed by atoms with Crippen LogP contribution < -0.4 is 0 Å². The molecule has 0 aliphatic heterocycles. The fraction of sp³-hybridized carbons (Fsp3) is 0.600. The summed E-state index contributed by atoms with van der Waals surface area (Å²) in [4.78, 5) is 10.5. The smallest absolute Gasteiger partial charge is 0.303 e. The van der Waals surface area contributed by atoms with Crippen LogP contribution in [-0.2, 0) is 11.3 Å². The number of aliphatic hydroxyl groups is 1. The first-order valence-corrected chi connectivity index (χ1v) is 4.96. The lowest BCUT2D eigenvalue weighted by atomic mass is 9.97. The summed E-state index contributed by atoms with van der Waals surface area (Å²) in [6, 6.07) is 0. The highest BCUT2D eigenvalue weighted by atomic mass is 16.4. The van der Waals surface area contributed by atoms with E-state index in [1.807, 2.05) is 6.92 Å². The van der Waals surface area contributed by atoms with E-state index in [9.17, 15) is 9.90 Å². The van der Waals surface area contributed by atoms with Crippen molar-refractivity contribution < 1.29 is 15.0 Å². The molecule has 0 aromatic carbocycles. The van der Waals surface area contributed by atoms with Gasteiger partial charge in [0.2, 0.25) is 0 Å². The number of aliphatic hydroxyl groups excluding tert-OH is 1. The standard InChI is InChI=1S/C10H16N2O3/c1-3-12-6-8(5-11-12)10(15)7(2)4-9(13)14/h5-7,10,15H,3-4H2,1-2H3,(H,13,14). The van der Waals surface area contributed by atoms with Crippen LogP contribution in [-0.4, -0.2) is 26.0 Å². The fourth-order valence-corrected chi connectivity index (χ4v) is 1.42. The van der Waals surface area contributed by atoms with Crippen molar-refractivity contribution in [3.8, 4) is 0 Å². The molecule has 0 amide bonds. The number of aromatic nitrogens is 2. The summed E-state index contributed by atoms with van der Waals surface area (Å²) in [6.45, 7) is 4.39. The molecular formula is C10H16N2O3. The highest BCUT2D eigenvalue weighted by Crippen LogP contribution is 2.23. The maximum atomic E-state index is 10.5. The normalized spacial score (nSPS) is 14.9. The molecule has 5 heteroatoms. The van der Waals surface area contributed by atoms with Crippen molar-refractivity contribution in [1.29, 1.82) is 0 Å². The lowest BCUT2D eigenvalue weighted by Gasteiger charge is -2.14. The van der Waals surface area contributed by atoms with E-state index in [-0.39, 0.29) is 12.3 Å². The van der Waals surface area contributed by atoms with Crippen LogP contribution in [0.1, 0.15) is 31.9 Å². The second-order valence-corrected chi connectivity index (χ2v) is 3.65. The second kappa shape index (κ2) is 4.93. The van der Waals surface area contributed by atoms with Gasteiger partial charge in [0.25, 0.3) is 0 Å². The first-order valence-electron chi connectivity index (χ1n) is 4.96. The predicted octanol–water partition coefficient (Wildman–Crippen LogP) is 1.05. The molecule has 0 aliphatic rings. The van der Waals surface area contributed by atoms with Gasteiger partial charge in [0.1, 0.15) is 0 Å². The molecule has 2 atom stereocenters. The van der Waals surface area contributed by atoms with Crippen molar-refractivity contribution in [1.82, 2.24) is 9.78 Å². The number of rotatable bonds is 5. The molecule has 1 aromatic heterocycles. The Morgan fingerprint density at radius 2 is 2.33 bits per heavy atom. The predicted molar refractivity (Wildman–Crippen MR) is 54.3 cm³/mol. The molecule has 0 radical (unpaired) electrons. The van der Waals surface area contributed by atoms with Crippen molar-refractivity contribution in [2.45, 2.75) is 32.9 Å². The SMILES string of the molecule is CCn1cc(C(O)C(C)CC(=O)O)cn1. The number of hydrogen-bond acceptors (Lipinski definition) is 3. The van der Waals surface area contributed by atoms with Gasteiger partial charge in [-0.3, -0.25) is 9.48 Å². The zero-order chi connectivity index (χ0) is 11.4. The zero-order valence-corrected chi connectivity index (χ0v) is 8.92. The maximum absolute atomic E-state index is 10.5. The molecule has 1 aromatic rings. The summed E-state index contributed by atoms with van der Waals surface area (Å²) in [7, 11) is 0. The van der Waals surface area contributed by atoms with Crippen LogP contribution in [0.15, 0.2) is 12.4 Å². The number of aliphatic carboxylic acids is 1. The first-order chi connectivity index (χ1) is 7.04. The molecule has 84 valence electrons. The average molecular weight is 212 g/mol. The quantitative estimate of drug-likeness (QED) is 0.764. The van der Waals surface area contributed by atoms with Crippen LogP contribution >= 0.6 is 0 Å². The number of aryl methyl sites for hydroxylation is 1. The van der Waals surface area contributed by atoms with Gasteiger partial charge in [0.05, 0.1) is 18.7 Å². The second-order valence-electron chi connectivity index (χ2n) is 3.65. The number of hydrogen-bond donors (Lipinski definition) is 2. The number of carboxylic acid groups (broad SMARTS) is 1. The Morgan fingerprint density at radius 1 is 1.67 bits per heavy atom. The van der Waals surface area contributed by atoms with Crippen LogP contribution in [0.3, 0.4) is 0 Å². The van der Waals surface area contributed by atoms with E-state index < -0.39 is 12.1 Å². The molecule has 5 nitrogen and oxygen atoms in total.